The molecular formula is C30H56O2. The van der Waals surface area contributed by atoms with Crippen LogP contribution in [0.25, 0.3) is 0 Å². The molecule has 0 spiro atoms. The van der Waals surface area contributed by atoms with Crippen molar-refractivity contribution < 1.29 is 9.53 Å². The zero-order valence-corrected chi connectivity index (χ0v) is 21.7. The van der Waals surface area contributed by atoms with Gasteiger partial charge in [-0.3, -0.25) is 4.79 Å². The minimum absolute atomic E-state index is 0.0902. The van der Waals surface area contributed by atoms with Crippen LogP contribution in [0.2, 0.25) is 0 Å². The van der Waals surface area contributed by atoms with E-state index in [-0.39, 0.29) is 12.1 Å². The van der Waals surface area contributed by atoms with Gasteiger partial charge in [0.1, 0.15) is 6.10 Å². The quantitative estimate of drug-likeness (QED) is 0.154. The highest BCUT2D eigenvalue weighted by Crippen LogP contribution is 2.39. The second-order valence-corrected chi connectivity index (χ2v) is 11.1. The molecule has 2 aliphatic rings. The lowest BCUT2D eigenvalue weighted by atomic mass is 9.72. The number of hydrogen-bond acceptors (Lipinski definition) is 2. The molecule has 2 heteroatoms. The molecule has 0 aromatic carbocycles. The number of unbranched alkanes of at least 4 members (excludes halogenated alkanes) is 14. The monoisotopic (exact) mass is 448 g/mol. The maximum absolute atomic E-state index is 12.5. The Morgan fingerprint density at radius 2 is 1.06 bits per heavy atom. The summed E-state index contributed by atoms with van der Waals surface area (Å²) in [7, 11) is 0. The van der Waals surface area contributed by atoms with Crippen molar-refractivity contribution >= 4 is 5.97 Å². The Bertz CT molecular complexity index is 440. The largest absolute Gasteiger partial charge is 0.462 e. The van der Waals surface area contributed by atoms with E-state index in [1.807, 2.05) is 0 Å². The molecule has 0 amide bonds. The van der Waals surface area contributed by atoms with Crippen molar-refractivity contribution in [1.29, 1.82) is 0 Å². The van der Waals surface area contributed by atoms with Gasteiger partial charge in [0.15, 0.2) is 0 Å². The van der Waals surface area contributed by atoms with Crippen LogP contribution < -0.4 is 0 Å². The van der Waals surface area contributed by atoms with Gasteiger partial charge in [0.2, 0.25) is 0 Å². The molecule has 0 aromatic heterocycles. The highest BCUT2D eigenvalue weighted by Gasteiger charge is 2.34. The molecule has 0 heterocycles. The molecule has 0 unspecified atom stereocenters. The summed E-state index contributed by atoms with van der Waals surface area (Å²) in [5, 5.41) is 0. The summed E-state index contributed by atoms with van der Waals surface area (Å²) in [5.74, 6) is 1.58. The van der Waals surface area contributed by atoms with Gasteiger partial charge in [0.05, 0.1) is 0 Å². The molecule has 0 radical (unpaired) electrons. The topological polar surface area (TPSA) is 26.3 Å². The Balaban J connectivity index is 1.39. The van der Waals surface area contributed by atoms with Gasteiger partial charge in [0, 0.05) is 6.42 Å². The molecule has 2 fully saturated rings. The second kappa shape index (κ2) is 18.8. The fourth-order valence-corrected chi connectivity index (χ4v) is 6.24. The number of hydrogen-bond donors (Lipinski definition) is 0. The van der Waals surface area contributed by atoms with Gasteiger partial charge in [-0.15, -0.1) is 0 Å². The predicted octanol–water partition coefficient (Wildman–Crippen LogP) is 9.93. The Morgan fingerprint density at radius 1 is 0.594 bits per heavy atom. The number of carbonyl (C=O) groups is 1. The average Bonchev–Trinajstić information content (AvgIpc) is 2.82. The van der Waals surface area contributed by atoms with E-state index in [2.05, 4.69) is 6.92 Å². The van der Waals surface area contributed by atoms with Crippen molar-refractivity contribution in [3.05, 3.63) is 0 Å². The minimum atomic E-state index is 0.0902. The molecule has 32 heavy (non-hydrogen) atoms. The average molecular weight is 449 g/mol. The normalized spacial score (nSPS) is 22.2. The van der Waals surface area contributed by atoms with Gasteiger partial charge in [-0.2, -0.15) is 0 Å². The highest BCUT2D eigenvalue weighted by atomic mass is 16.5. The van der Waals surface area contributed by atoms with Crippen LogP contribution in [0.5, 0.6) is 0 Å². The van der Waals surface area contributed by atoms with E-state index in [4.69, 9.17) is 4.74 Å². The molecule has 2 atom stereocenters. The lowest BCUT2D eigenvalue weighted by molar-refractivity contribution is -0.155. The van der Waals surface area contributed by atoms with Gasteiger partial charge in [0.25, 0.3) is 0 Å². The first kappa shape index (κ1) is 27.7. The van der Waals surface area contributed by atoms with Crippen LogP contribution in [-0.4, -0.2) is 12.1 Å². The Hall–Kier alpha value is -0.530. The smallest absolute Gasteiger partial charge is 0.306 e. The minimum Gasteiger partial charge on any atom is -0.462 e. The molecule has 2 saturated carbocycles. The molecule has 2 nitrogen and oxygen atoms in total. The van der Waals surface area contributed by atoms with Crippen molar-refractivity contribution in [2.75, 3.05) is 0 Å². The van der Waals surface area contributed by atoms with Crippen LogP contribution in [0.4, 0.5) is 0 Å². The maximum Gasteiger partial charge on any atom is 0.306 e. The fourth-order valence-electron chi connectivity index (χ4n) is 6.24. The summed E-state index contributed by atoms with van der Waals surface area (Å²) in [5.41, 5.74) is 0. The molecule has 0 saturated heterocycles. The zero-order valence-electron chi connectivity index (χ0n) is 21.7. The first-order valence-corrected chi connectivity index (χ1v) is 15.0. The Kier molecular flexibility index (Phi) is 16.3. The number of carbonyl (C=O) groups excluding carboxylic acids is 1. The van der Waals surface area contributed by atoms with Gasteiger partial charge in [-0.1, -0.05) is 135 Å². The van der Waals surface area contributed by atoms with Crippen LogP contribution in [0.3, 0.4) is 0 Å². The molecule has 0 aliphatic heterocycles. The standard InChI is InChI=1S/C30H56O2/c1-2-3-4-5-6-7-8-9-10-11-12-13-14-15-19-26-30(31)32-29-25-21-20-24-28(29)27-22-17-16-18-23-27/h27-29H,2-26H2,1H3/t28-,29-/m1/s1. The first-order chi connectivity index (χ1) is 15.8. The van der Waals surface area contributed by atoms with E-state index in [0.717, 1.165) is 18.8 Å². The molecule has 0 aromatic rings. The molecule has 0 bridgehead atoms. The van der Waals surface area contributed by atoms with Crippen molar-refractivity contribution in [3.8, 4) is 0 Å². The third kappa shape index (κ3) is 12.6. The number of rotatable bonds is 18. The summed E-state index contributed by atoms with van der Waals surface area (Å²) in [4.78, 5) is 12.5. The summed E-state index contributed by atoms with van der Waals surface area (Å²) < 4.78 is 6.04. The SMILES string of the molecule is CCCCCCCCCCCCCCCCCC(=O)O[C@@H]1CCCC[C@@H]1C1CCCCC1. The fraction of sp³-hybridized carbons (Fsp3) is 0.967. The van der Waals surface area contributed by atoms with E-state index in [0.29, 0.717) is 12.3 Å². The number of ether oxygens (including phenoxy) is 1. The third-order valence-electron chi connectivity index (χ3n) is 8.28. The lowest BCUT2D eigenvalue weighted by Gasteiger charge is -2.38. The van der Waals surface area contributed by atoms with E-state index in [9.17, 15) is 4.79 Å². The zero-order chi connectivity index (χ0) is 22.7. The molecule has 188 valence electrons. The summed E-state index contributed by atoms with van der Waals surface area (Å²) in [6, 6.07) is 0. The second-order valence-electron chi connectivity index (χ2n) is 11.1. The van der Waals surface area contributed by atoms with Gasteiger partial charge < -0.3 is 4.74 Å². The van der Waals surface area contributed by atoms with Gasteiger partial charge in [-0.05, 0) is 37.5 Å². The van der Waals surface area contributed by atoms with E-state index < -0.39 is 0 Å². The van der Waals surface area contributed by atoms with Crippen molar-refractivity contribution in [1.82, 2.24) is 0 Å². The highest BCUT2D eigenvalue weighted by molar-refractivity contribution is 5.69. The molecule has 0 N–H and O–H groups in total. The summed E-state index contributed by atoms with van der Waals surface area (Å²) >= 11 is 0. The lowest BCUT2D eigenvalue weighted by Crippen LogP contribution is -2.35. The Labute approximate surface area is 201 Å². The molecule has 2 rings (SSSR count). The van der Waals surface area contributed by atoms with E-state index in [1.165, 1.54) is 141 Å². The van der Waals surface area contributed by atoms with Crippen LogP contribution in [0.15, 0.2) is 0 Å². The third-order valence-corrected chi connectivity index (χ3v) is 8.28. The Morgan fingerprint density at radius 3 is 1.62 bits per heavy atom. The van der Waals surface area contributed by atoms with Crippen molar-refractivity contribution in [3.63, 3.8) is 0 Å². The van der Waals surface area contributed by atoms with E-state index in [1.54, 1.807) is 0 Å². The summed E-state index contributed by atoms with van der Waals surface area (Å²) in [6.45, 7) is 2.29. The van der Waals surface area contributed by atoms with Gasteiger partial charge >= 0.3 is 5.97 Å². The molecule has 2 aliphatic carbocycles. The number of esters is 1. The predicted molar refractivity (Wildman–Crippen MR) is 138 cm³/mol. The summed E-state index contributed by atoms with van der Waals surface area (Å²) in [6.07, 6.45) is 33.3. The molecular weight excluding hydrogens is 392 g/mol. The van der Waals surface area contributed by atoms with Gasteiger partial charge in [-0.25, -0.2) is 0 Å². The van der Waals surface area contributed by atoms with Crippen LogP contribution in [-0.2, 0) is 9.53 Å². The van der Waals surface area contributed by atoms with Crippen LogP contribution in [0, 0.1) is 11.8 Å². The van der Waals surface area contributed by atoms with Crippen molar-refractivity contribution in [2.45, 2.75) is 174 Å². The maximum atomic E-state index is 12.5. The first-order valence-electron chi connectivity index (χ1n) is 15.0. The van der Waals surface area contributed by atoms with Crippen LogP contribution in [0.1, 0.15) is 167 Å². The van der Waals surface area contributed by atoms with E-state index >= 15 is 0 Å². The van der Waals surface area contributed by atoms with Crippen LogP contribution >= 0.6 is 0 Å². The van der Waals surface area contributed by atoms with Crippen molar-refractivity contribution in [2.24, 2.45) is 11.8 Å².